The van der Waals surface area contributed by atoms with E-state index in [-0.39, 0.29) is 5.78 Å². The van der Waals surface area contributed by atoms with Crippen molar-refractivity contribution in [1.82, 2.24) is 0 Å². The summed E-state index contributed by atoms with van der Waals surface area (Å²) in [7, 11) is 0. The molecule has 57 valence electrons. The summed E-state index contributed by atoms with van der Waals surface area (Å²) in [5.74, 6) is 0.249. The topological polar surface area (TPSA) is 17.1 Å². The molecule has 0 aromatic rings. The molecule has 0 N–H and O–H groups in total. The van der Waals surface area contributed by atoms with Crippen LogP contribution in [0.15, 0.2) is 36.5 Å². The molecule has 1 nitrogen and oxygen atoms in total. The first kappa shape index (κ1) is 7.99. The summed E-state index contributed by atoms with van der Waals surface area (Å²) in [6, 6.07) is 0. The van der Waals surface area contributed by atoms with E-state index in [0.717, 1.165) is 12.0 Å². The summed E-state index contributed by atoms with van der Waals surface area (Å²) in [6.07, 6.45) is 10.6. The molecule has 0 saturated carbocycles. The molecule has 1 rings (SSSR count). The van der Waals surface area contributed by atoms with Crippen LogP contribution in [-0.2, 0) is 4.79 Å². The number of Topliss-reactive ketones (excluding diaryl/α,β-unsaturated/α-hetero) is 1. The van der Waals surface area contributed by atoms with Gasteiger partial charge in [0.2, 0.25) is 0 Å². The highest BCUT2D eigenvalue weighted by molar-refractivity contribution is 5.99. The molecule has 0 spiro atoms. The predicted octanol–water partition coefficient (Wildman–Crippen LogP) is 2.22. The van der Waals surface area contributed by atoms with E-state index in [2.05, 4.69) is 6.58 Å². The fourth-order valence-corrected chi connectivity index (χ4v) is 1.01. The Bertz CT molecular complexity index is 221. The number of rotatable bonds is 3. The van der Waals surface area contributed by atoms with E-state index in [4.69, 9.17) is 0 Å². The molecule has 1 aliphatic rings. The van der Waals surface area contributed by atoms with E-state index in [9.17, 15) is 4.79 Å². The number of hydrogen-bond acceptors (Lipinski definition) is 1. The minimum atomic E-state index is 0.249. The van der Waals surface area contributed by atoms with Gasteiger partial charge in [-0.2, -0.15) is 0 Å². The molecule has 0 aromatic heterocycles. The normalized spacial score (nSPS) is 17.5. The Kier molecular flexibility index (Phi) is 2.84. The van der Waals surface area contributed by atoms with Crippen LogP contribution in [0.1, 0.15) is 12.8 Å². The van der Waals surface area contributed by atoms with Crippen molar-refractivity contribution in [3.05, 3.63) is 42.9 Å². The zero-order valence-corrected chi connectivity index (χ0v) is 6.42. The molecule has 0 unspecified atom stereocenters. The van der Waals surface area contributed by atoms with Crippen molar-refractivity contribution in [1.29, 1.82) is 0 Å². The smallest absolute Gasteiger partial charge is 0.159 e. The van der Waals surface area contributed by atoms with E-state index in [1.54, 1.807) is 6.08 Å². The lowest BCUT2D eigenvalue weighted by Gasteiger charge is -1.91. The molecule has 0 aliphatic heterocycles. The Hall–Kier alpha value is -1.11. The van der Waals surface area contributed by atoms with Crippen LogP contribution in [0.3, 0.4) is 0 Å². The van der Waals surface area contributed by atoms with Crippen molar-refractivity contribution in [3.8, 4) is 0 Å². The first-order valence-corrected chi connectivity index (χ1v) is 3.67. The van der Waals surface area contributed by atoms with E-state index in [0.29, 0.717) is 6.42 Å². The Labute approximate surface area is 67.1 Å². The zero-order valence-electron chi connectivity index (χ0n) is 6.42. The minimum Gasteiger partial charge on any atom is -0.295 e. The summed E-state index contributed by atoms with van der Waals surface area (Å²) < 4.78 is 0. The molecule has 0 atom stereocenters. The molecule has 0 amide bonds. The second-order valence-electron chi connectivity index (χ2n) is 2.42. The van der Waals surface area contributed by atoms with Gasteiger partial charge < -0.3 is 0 Å². The highest BCUT2D eigenvalue weighted by atomic mass is 16.1. The number of ketones is 1. The second-order valence-corrected chi connectivity index (χ2v) is 2.42. The third-order valence-electron chi connectivity index (χ3n) is 1.59. The van der Waals surface area contributed by atoms with Gasteiger partial charge in [0.05, 0.1) is 0 Å². The maximum atomic E-state index is 11.0. The molecule has 0 bridgehead atoms. The van der Waals surface area contributed by atoms with E-state index < -0.39 is 0 Å². The first-order valence-electron chi connectivity index (χ1n) is 3.67. The average Bonchev–Trinajstić information content (AvgIpc) is 2.37. The van der Waals surface area contributed by atoms with Crippen molar-refractivity contribution in [3.63, 3.8) is 0 Å². The molecule has 1 aliphatic carbocycles. The molecular formula is C10H11O. The lowest BCUT2D eigenvalue weighted by Crippen LogP contribution is -1.93. The molecule has 1 radical (unpaired) electrons. The van der Waals surface area contributed by atoms with Crippen LogP contribution in [0.5, 0.6) is 0 Å². The van der Waals surface area contributed by atoms with Crippen molar-refractivity contribution >= 4 is 5.78 Å². The van der Waals surface area contributed by atoms with Crippen LogP contribution in [0, 0.1) is 6.42 Å². The van der Waals surface area contributed by atoms with Crippen LogP contribution in [-0.4, -0.2) is 5.78 Å². The summed E-state index contributed by atoms with van der Waals surface area (Å²) in [5, 5.41) is 0. The third-order valence-corrected chi connectivity index (χ3v) is 1.59. The molecule has 0 saturated heterocycles. The second kappa shape index (κ2) is 3.91. The van der Waals surface area contributed by atoms with Gasteiger partial charge >= 0.3 is 0 Å². The summed E-state index contributed by atoms with van der Waals surface area (Å²) >= 11 is 0. The van der Waals surface area contributed by atoms with Gasteiger partial charge in [-0.3, -0.25) is 4.79 Å². The first-order chi connectivity index (χ1) is 5.34. The van der Waals surface area contributed by atoms with Crippen LogP contribution < -0.4 is 0 Å². The SMILES string of the molecule is C=CC=CCC1=C[CH]CC1=O. The van der Waals surface area contributed by atoms with Crippen molar-refractivity contribution < 1.29 is 4.79 Å². The molecule has 1 heteroatoms. The van der Waals surface area contributed by atoms with Gasteiger partial charge in [0.1, 0.15) is 0 Å². The maximum Gasteiger partial charge on any atom is 0.159 e. The number of carbonyl (C=O) groups excluding carboxylic acids is 1. The number of carbonyl (C=O) groups is 1. The summed E-state index contributed by atoms with van der Waals surface area (Å²) in [6.45, 7) is 3.54. The lowest BCUT2D eigenvalue weighted by molar-refractivity contribution is -0.114. The summed E-state index contributed by atoms with van der Waals surface area (Å²) in [4.78, 5) is 11.0. The number of allylic oxidation sites excluding steroid dienone is 5. The van der Waals surface area contributed by atoms with Crippen LogP contribution in [0.2, 0.25) is 0 Å². The highest BCUT2D eigenvalue weighted by Gasteiger charge is 2.12. The molecule has 0 heterocycles. The monoisotopic (exact) mass is 147 g/mol. The van der Waals surface area contributed by atoms with Gasteiger partial charge in [0, 0.05) is 6.42 Å². The van der Waals surface area contributed by atoms with E-state index in [1.807, 2.05) is 24.6 Å². The lowest BCUT2D eigenvalue weighted by atomic mass is 10.1. The Balaban J connectivity index is 2.43. The Morgan fingerprint density at radius 3 is 3.00 bits per heavy atom. The third kappa shape index (κ3) is 2.19. The minimum absolute atomic E-state index is 0.249. The van der Waals surface area contributed by atoms with Gasteiger partial charge in [-0.25, -0.2) is 0 Å². The van der Waals surface area contributed by atoms with E-state index in [1.165, 1.54) is 0 Å². The van der Waals surface area contributed by atoms with Crippen molar-refractivity contribution in [2.75, 3.05) is 0 Å². The van der Waals surface area contributed by atoms with Crippen molar-refractivity contribution in [2.24, 2.45) is 0 Å². The standard InChI is InChI=1S/C10H11O/c1-2-3-4-6-9-7-5-8-10(9)11/h2-5,7H,1,6,8H2. The van der Waals surface area contributed by atoms with Gasteiger partial charge in [-0.15, -0.1) is 0 Å². The van der Waals surface area contributed by atoms with Crippen LogP contribution >= 0.6 is 0 Å². The molecule has 11 heavy (non-hydrogen) atoms. The molecule has 0 aromatic carbocycles. The fraction of sp³-hybridized carbons (Fsp3) is 0.200. The average molecular weight is 147 g/mol. The zero-order chi connectivity index (χ0) is 8.10. The molecular weight excluding hydrogens is 136 g/mol. The van der Waals surface area contributed by atoms with Gasteiger partial charge in [-0.1, -0.05) is 30.9 Å². The van der Waals surface area contributed by atoms with Gasteiger partial charge in [0.25, 0.3) is 0 Å². The maximum absolute atomic E-state index is 11.0. The largest absolute Gasteiger partial charge is 0.295 e. The van der Waals surface area contributed by atoms with Crippen LogP contribution in [0.25, 0.3) is 0 Å². The van der Waals surface area contributed by atoms with Gasteiger partial charge in [-0.05, 0) is 18.4 Å². The fourth-order valence-electron chi connectivity index (χ4n) is 1.01. The number of hydrogen-bond donors (Lipinski definition) is 0. The highest BCUT2D eigenvalue weighted by Crippen LogP contribution is 2.16. The quantitative estimate of drug-likeness (QED) is 0.559. The Morgan fingerprint density at radius 1 is 1.64 bits per heavy atom. The van der Waals surface area contributed by atoms with E-state index >= 15 is 0 Å². The Morgan fingerprint density at radius 2 is 2.45 bits per heavy atom. The van der Waals surface area contributed by atoms with Crippen molar-refractivity contribution in [2.45, 2.75) is 12.8 Å². The summed E-state index contributed by atoms with van der Waals surface area (Å²) in [5.41, 5.74) is 0.906. The van der Waals surface area contributed by atoms with Gasteiger partial charge in [0.15, 0.2) is 5.78 Å². The molecule has 0 fully saturated rings. The van der Waals surface area contributed by atoms with Crippen LogP contribution in [0.4, 0.5) is 0 Å². The predicted molar refractivity (Wildman–Crippen MR) is 46.0 cm³/mol.